The maximum atomic E-state index is 10.5. The highest BCUT2D eigenvalue weighted by atomic mass is 16.4. The molecule has 1 atom stereocenters. The van der Waals surface area contributed by atoms with Crippen molar-refractivity contribution in [1.29, 1.82) is 0 Å². The van der Waals surface area contributed by atoms with Crippen molar-refractivity contribution in [3.63, 3.8) is 0 Å². The summed E-state index contributed by atoms with van der Waals surface area (Å²) in [6, 6.07) is 0.646. The van der Waals surface area contributed by atoms with E-state index in [2.05, 4.69) is 18.7 Å². The third-order valence-corrected chi connectivity index (χ3v) is 2.58. The van der Waals surface area contributed by atoms with Crippen molar-refractivity contribution in [3.05, 3.63) is 0 Å². The molecule has 90 valence electrons. The van der Waals surface area contributed by atoms with Gasteiger partial charge in [0.15, 0.2) is 0 Å². The number of aliphatic hydroxyl groups excluding tert-OH is 1. The molecule has 4 nitrogen and oxygen atoms in total. The van der Waals surface area contributed by atoms with Gasteiger partial charge in [-0.25, -0.2) is 0 Å². The minimum Gasteiger partial charge on any atom is -0.481 e. The molecule has 4 heteroatoms. The zero-order valence-electron chi connectivity index (χ0n) is 9.94. The first-order valence-electron chi connectivity index (χ1n) is 5.57. The standard InChI is InChI=1S/C11H23NO3/c1-9(2)12(7-4-8-13)10(3)5-6-11(14)15/h9-10,13H,4-8H2,1-3H3,(H,14,15). The van der Waals surface area contributed by atoms with E-state index in [9.17, 15) is 4.79 Å². The molecule has 0 aliphatic heterocycles. The van der Waals surface area contributed by atoms with Crippen LogP contribution >= 0.6 is 0 Å². The lowest BCUT2D eigenvalue weighted by atomic mass is 10.1. The van der Waals surface area contributed by atoms with Crippen LogP contribution in [0.3, 0.4) is 0 Å². The van der Waals surface area contributed by atoms with Crippen molar-refractivity contribution in [2.75, 3.05) is 13.2 Å². The Balaban J connectivity index is 4.03. The summed E-state index contributed by atoms with van der Waals surface area (Å²) in [5.74, 6) is -0.743. The lowest BCUT2D eigenvalue weighted by Gasteiger charge is -2.32. The summed E-state index contributed by atoms with van der Waals surface area (Å²) in [6.07, 6.45) is 1.62. The van der Waals surface area contributed by atoms with Gasteiger partial charge in [-0.15, -0.1) is 0 Å². The second-order valence-electron chi connectivity index (χ2n) is 4.19. The molecule has 0 rings (SSSR count). The van der Waals surface area contributed by atoms with Crippen LogP contribution in [0.25, 0.3) is 0 Å². The van der Waals surface area contributed by atoms with Crippen LogP contribution < -0.4 is 0 Å². The van der Waals surface area contributed by atoms with Crippen LogP contribution in [0.4, 0.5) is 0 Å². The van der Waals surface area contributed by atoms with Crippen LogP contribution in [0.15, 0.2) is 0 Å². The minimum atomic E-state index is -0.743. The zero-order valence-corrected chi connectivity index (χ0v) is 9.94. The number of rotatable bonds is 8. The molecule has 0 amide bonds. The molecular weight excluding hydrogens is 194 g/mol. The van der Waals surface area contributed by atoms with Crippen molar-refractivity contribution >= 4 is 5.97 Å². The summed E-state index contributed by atoms with van der Waals surface area (Å²) in [5, 5.41) is 17.4. The van der Waals surface area contributed by atoms with Crippen LogP contribution in [0.1, 0.15) is 40.0 Å². The lowest BCUT2D eigenvalue weighted by Crippen LogP contribution is -2.40. The molecule has 0 saturated carbocycles. The van der Waals surface area contributed by atoms with Crippen LogP contribution in [0.2, 0.25) is 0 Å². The average molecular weight is 217 g/mol. The molecule has 0 aliphatic rings. The van der Waals surface area contributed by atoms with Crippen molar-refractivity contribution < 1.29 is 15.0 Å². The Hall–Kier alpha value is -0.610. The Bertz CT molecular complexity index is 183. The Morgan fingerprint density at radius 3 is 2.33 bits per heavy atom. The fourth-order valence-corrected chi connectivity index (χ4v) is 1.74. The van der Waals surface area contributed by atoms with Gasteiger partial charge < -0.3 is 10.2 Å². The van der Waals surface area contributed by atoms with E-state index in [0.29, 0.717) is 12.5 Å². The normalized spacial score (nSPS) is 13.5. The molecule has 0 aromatic carbocycles. The van der Waals surface area contributed by atoms with Gasteiger partial charge in [0, 0.05) is 31.7 Å². The highest BCUT2D eigenvalue weighted by Crippen LogP contribution is 2.11. The van der Waals surface area contributed by atoms with Gasteiger partial charge in [0.05, 0.1) is 0 Å². The van der Waals surface area contributed by atoms with E-state index in [4.69, 9.17) is 10.2 Å². The highest BCUT2D eigenvalue weighted by molar-refractivity contribution is 5.66. The van der Waals surface area contributed by atoms with Gasteiger partial charge in [0.2, 0.25) is 0 Å². The molecule has 0 saturated heterocycles. The average Bonchev–Trinajstić information content (AvgIpc) is 2.14. The second-order valence-corrected chi connectivity index (χ2v) is 4.19. The van der Waals surface area contributed by atoms with Crippen LogP contribution in [-0.2, 0) is 4.79 Å². The van der Waals surface area contributed by atoms with Gasteiger partial charge in [-0.1, -0.05) is 0 Å². The smallest absolute Gasteiger partial charge is 0.303 e. The highest BCUT2D eigenvalue weighted by Gasteiger charge is 2.17. The first-order valence-corrected chi connectivity index (χ1v) is 5.57. The summed E-state index contributed by atoms with van der Waals surface area (Å²) in [5.41, 5.74) is 0. The van der Waals surface area contributed by atoms with Gasteiger partial charge in [0.25, 0.3) is 0 Å². The fraction of sp³-hybridized carbons (Fsp3) is 0.909. The topological polar surface area (TPSA) is 60.8 Å². The Morgan fingerprint density at radius 2 is 1.93 bits per heavy atom. The number of carboxylic acids is 1. The number of carbonyl (C=O) groups is 1. The summed E-state index contributed by atoms with van der Waals surface area (Å²) < 4.78 is 0. The molecule has 0 aromatic rings. The molecule has 0 spiro atoms. The SMILES string of the molecule is CC(C)N(CCCO)C(C)CCC(=O)O. The molecule has 2 N–H and O–H groups in total. The number of carboxylic acid groups (broad SMARTS) is 1. The van der Waals surface area contributed by atoms with E-state index >= 15 is 0 Å². The molecule has 0 radical (unpaired) electrons. The van der Waals surface area contributed by atoms with E-state index in [1.165, 1.54) is 0 Å². The van der Waals surface area contributed by atoms with E-state index in [1.54, 1.807) is 0 Å². The number of aliphatic hydroxyl groups is 1. The maximum absolute atomic E-state index is 10.5. The number of hydrogen-bond donors (Lipinski definition) is 2. The predicted octanol–water partition coefficient (Wildman–Crippen LogP) is 1.33. The third-order valence-electron chi connectivity index (χ3n) is 2.58. The van der Waals surface area contributed by atoms with Gasteiger partial charge in [-0.05, 0) is 33.6 Å². The molecule has 0 heterocycles. The first-order chi connectivity index (χ1) is 6.99. The van der Waals surface area contributed by atoms with E-state index in [1.807, 2.05) is 6.92 Å². The van der Waals surface area contributed by atoms with E-state index < -0.39 is 5.97 Å². The molecule has 0 aromatic heterocycles. The van der Waals surface area contributed by atoms with Crippen LogP contribution in [0.5, 0.6) is 0 Å². The predicted molar refractivity (Wildman–Crippen MR) is 59.9 cm³/mol. The Morgan fingerprint density at radius 1 is 1.33 bits per heavy atom. The monoisotopic (exact) mass is 217 g/mol. The largest absolute Gasteiger partial charge is 0.481 e. The van der Waals surface area contributed by atoms with Crippen LogP contribution in [0, 0.1) is 0 Å². The molecule has 0 aliphatic carbocycles. The summed E-state index contributed by atoms with van der Waals surface area (Å²) >= 11 is 0. The van der Waals surface area contributed by atoms with Gasteiger partial charge in [-0.3, -0.25) is 9.69 Å². The molecule has 15 heavy (non-hydrogen) atoms. The lowest BCUT2D eigenvalue weighted by molar-refractivity contribution is -0.137. The zero-order chi connectivity index (χ0) is 11.8. The molecule has 0 fully saturated rings. The second kappa shape index (κ2) is 7.65. The van der Waals surface area contributed by atoms with Crippen molar-refractivity contribution in [2.45, 2.75) is 52.1 Å². The van der Waals surface area contributed by atoms with Crippen molar-refractivity contribution in [1.82, 2.24) is 4.90 Å². The Kier molecular flexibility index (Phi) is 7.34. The number of aliphatic carboxylic acids is 1. The third kappa shape index (κ3) is 6.47. The summed E-state index contributed by atoms with van der Waals surface area (Å²) in [6.45, 7) is 7.24. The van der Waals surface area contributed by atoms with E-state index in [0.717, 1.165) is 13.0 Å². The van der Waals surface area contributed by atoms with Gasteiger partial charge in [0.1, 0.15) is 0 Å². The Labute approximate surface area is 91.9 Å². The van der Waals surface area contributed by atoms with Gasteiger partial charge >= 0.3 is 5.97 Å². The fourth-order valence-electron chi connectivity index (χ4n) is 1.74. The maximum Gasteiger partial charge on any atom is 0.303 e. The minimum absolute atomic E-state index is 0.189. The van der Waals surface area contributed by atoms with Gasteiger partial charge in [-0.2, -0.15) is 0 Å². The van der Waals surface area contributed by atoms with Crippen molar-refractivity contribution in [2.24, 2.45) is 0 Å². The first kappa shape index (κ1) is 14.4. The number of hydrogen-bond acceptors (Lipinski definition) is 3. The summed E-state index contributed by atoms with van der Waals surface area (Å²) in [4.78, 5) is 12.7. The molecule has 0 bridgehead atoms. The number of nitrogens with zero attached hydrogens (tertiary/aromatic N) is 1. The quantitative estimate of drug-likeness (QED) is 0.644. The molecule has 1 unspecified atom stereocenters. The molecular formula is C11H23NO3. The van der Waals surface area contributed by atoms with E-state index in [-0.39, 0.29) is 19.1 Å². The summed E-state index contributed by atoms with van der Waals surface area (Å²) in [7, 11) is 0. The van der Waals surface area contributed by atoms with Crippen LogP contribution in [-0.4, -0.2) is 46.3 Å². The van der Waals surface area contributed by atoms with Crippen molar-refractivity contribution in [3.8, 4) is 0 Å².